The largest absolute Gasteiger partial charge is 0.377 e. The van der Waals surface area contributed by atoms with Gasteiger partial charge in [0.1, 0.15) is 12.1 Å². The van der Waals surface area contributed by atoms with Crippen LogP contribution in [0.15, 0.2) is 28.0 Å². The van der Waals surface area contributed by atoms with Crippen molar-refractivity contribution >= 4 is 28.6 Å². The van der Waals surface area contributed by atoms with Gasteiger partial charge in [0.25, 0.3) is 5.56 Å². The number of thioether (sulfide) groups is 1. The number of likely N-dealkylation sites (tertiary alicyclic amines) is 1. The molecule has 10 heteroatoms. The molecular weight excluding hydrogens is 414 g/mol. The number of aliphatic imine (C=N–C) groups is 1. The lowest BCUT2D eigenvalue weighted by Gasteiger charge is -2.37. The van der Waals surface area contributed by atoms with Crippen molar-refractivity contribution < 1.29 is 5.11 Å². The fourth-order valence-corrected chi connectivity index (χ4v) is 4.95. The Morgan fingerprint density at radius 3 is 2.84 bits per heavy atom. The molecule has 0 amide bonds. The molecule has 8 N–H and O–H groups in total. The van der Waals surface area contributed by atoms with Crippen molar-refractivity contribution in [2.24, 2.45) is 22.2 Å². The quantitative estimate of drug-likeness (QED) is 0.212. The number of hydrogen-bond acceptors (Lipinski definition) is 7. The Kier molecular flexibility index (Phi) is 8.30. The molecule has 1 aromatic carbocycles. The van der Waals surface area contributed by atoms with Crippen molar-refractivity contribution in [2.75, 3.05) is 19.6 Å². The highest BCUT2D eigenvalue weighted by Gasteiger charge is 2.27. The van der Waals surface area contributed by atoms with E-state index >= 15 is 0 Å². The maximum absolute atomic E-state index is 12.3. The number of aryl methyl sites for hydroxylation is 1. The third kappa shape index (κ3) is 6.42. The average Bonchev–Trinajstić information content (AvgIpc) is 2.75. The van der Waals surface area contributed by atoms with Crippen molar-refractivity contribution in [2.45, 2.75) is 55.9 Å². The highest BCUT2D eigenvalue weighted by atomic mass is 32.2. The predicted octanol–water partition coefficient (Wildman–Crippen LogP) is 0.628. The van der Waals surface area contributed by atoms with Crippen LogP contribution in [0.5, 0.6) is 0 Å². The van der Waals surface area contributed by atoms with Crippen LogP contribution in [0, 0.1) is 6.92 Å². The molecule has 1 fully saturated rings. The molecule has 1 aromatic heterocycles. The first-order valence-electron chi connectivity index (χ1n) is 10.7. The number of H-pyrrole nitrogens is 1. The molecule has 1 unspecified atom stereocenters. The van der Waals surface area contributed by atoms with Gasteiger partial charge in [0.15, 0.2) is 5.96 Å². The number of rotatable bonds is 9. The Balaban J connectivity index is 1.46. The molecule has 0 saturated carbocycles. The number of benzene rings is 1. The molecule has 0 bridgehead atoms. The summed E-state index contributed by atoms with van der Waals surface area (Å²) in [6.45, 7) is 4.08. The lowest BCUT2D eigenvalue weighted by Crippen LogP contribution is -2.51. The van der Waals surface area contributed by atoms with E-state index in [2.05, 4.69) is 15.0 Å². The minimum absolute atomic E-state index is 0.0757. The van der Waals surface area contributed by atoms with E-state index in [1.165, 1.54) is 0 Å². The summed E-state index contributed by atoms with van der Waals surface area (Å²) in [7, 11) is 0. The molecule has 1 aliphatic rings. The number of guanidine groups is 1. The minimum Gasteiger partial charge on any atom is -0.377 e. The lowest BCUT2D eigenvalue weighted by molar-refractivity contribution is -0.0262. The van der Waals surface area contributed by atoms with E-state index in [4.69, 9.17) is 17.2 Å². The Labute approximate surface area is 186 Å². The number of piperidine rings is 1. The normalized spacial score (nSPS) is 17.5. The highest BCUT2D eigenvalue weighted by Crippen LogP contribution is 2.27. The molecule has 2 heterocycles. The maximum atomic E-state index is 12.3. The van der Waals surface area contributed by atoms with Gasteiger partial charge in [-0.15, -0.1) is 0 Å². The molecule has 3 rings (SSSR count). The van der Waals surface area contributed by atoms with E-state index in [9.17, 15) is 9.90 Å². The molecule has 170 valence electrons. The molecule has 0 spiro atoms. The number of para-hydroxylation sites is 1. The third-order valence-corrected chi connectivity index (χ3v) is 7.05. The first-order chi connectivity index (χ1) is 14.8. The molecular formula is C21H33N7O2S. The summed E-state index contributed by atoms with van der Waals surface area (Å²) in [6, 6.07) is 5.32. The molecule has 2 aromatic rings. The van der Waals surface area contributed by atoms with Gasteiger partial charge in [-0.3, -0.25) is 14.7 Å². The van der Waals surface area contributed by atoms with Crippen molar-refractivity contribution in [3.63, 3.8) is 0 Å². The average molecular weight is 448 g/mol. The summed E-state index contributed by atoms with van der Waals surface area (Å²) in [6.07, 6.45) is 2.65. The first-order valence-corrected chi connectivity index (χ1v) is 11.7. The van der Waals surface area contributed by atoms with Gasteiger partial charge in [0.2, 0.25) is 0 Å². The van der Waals surface area contributed by atoms with E-state index in [1.54, 1.807) is 17.8 Å². The van der Waals surface area contributed by atoms with Crippen molar-refractivity contribution in [1.29, 1.82) is 0 Å². The number of hydrogen-bond donors (Lipinski definition) is 5. The number of aromatic amines is 1. The Hall–Kier alpha value is -2.14. The number of nitrogens with one attached hydrogen (secondary N) is 1. The molecule has 31 heavy (non-hydrogen) atoms. The summed E-state index contributed by atoms with van der Waals surface area (Å²) in [5, 5.41) is 11.6. The molecule has 0 aliphatic carbocycles. The summed E-state index contributed by atoms with van der Waals surface area (Å²) in [4.78, 5) is 25.9. The summed E-state index contributed by atoms with van der Waals surface area (Å²) < 4.78 is 0. The summed E-state index contributed by atoms with van der Waals surface area (Å²) in [5.74, 6) is 1.45. The standard InChI is InChI=1S/C21H33N7O2S/c1-13-4-2-5-15-18(13)26-17(27-19(15)29)12-31-14-7-10-28(11-8-14)20(30)16(22)6-3-9-25-21(23)24/h2,4-5,14,16,20,30H,3,6-12,22H2,1H3,(H4,23,24,25)(H,26,27,29)/t16-,20?/m1/s1. The van der Waals surface area contributed by atoms with E-state index < -0.39 is 6.23 Å². The van der Waals surface area contributed by atoms with Crippen LogP contribution in [-0.2, 0) is 5.75 Å². The zero-order valence-corrected chi connectivity index (χ0v) is 18.8. The van der Waals surface area contributed by atoms with Crippen LogP contribution in [0.4, 0.5) is 0 Å². The maximum Gasteiger partial charge on any atom is 0.258 e. The van der Waals surface area contributed by atoms with E-state index in [-0.39, 0.29) is 17.6 Å². The van der Waals surface area contributed by atoms with Gasteiger partial charge in [-0.1, -0.05) is 12.1 Å². The number of aliphatic hydroxyl groups is 1. The minimum atomic E-state index is -0.661. The Morgan fingerprint density at radius 2 is 2.13 bits per heavy atom. The molecule has 2 atom stereocenters. The smallest absolute Gasteiger partial charge is 0.258 e. The number of fused-ring (bicyclic) bond motifs is 1. The van der Waals surface area contributed by atoms with Gasteiger partial charge in [0, 0.05) is 30.9 Å². The molecule has 9 nitrogen and oxygen atoms in total. The second-order valence-electron chi connectivity index (χ2n) is 8.06. The van der Waals surface area contributed by atoms with Crippen LogP contribution in [-0.4, -0.2) is 63.1 Å². The van der Waals surface area contributed by atoms with Gasteiger partial charge in [-0.2, -0.15) is 11.8 Å². The topological polar surface area (TPSA) is 160 Å². The second-order valence-corrected chi connectivity index (χ2v) is 9.34. The van der Waals surface area contributed by atoms with Gasteiger partial charge in [-0.25, -0.2) is 4.98 Å². The van der Waals surface area contributed by atoms with Crippen LogP contribution in [0.1, 0.15) is 37.1 Å². The van der Waals surface area contributed by atoms with Crippen LogP contribution in [0.2, 0.25) is 0 Å². The van der Waals surface area contributed by atoms with Crippen molar-refractivity contribution in [1.82, 2.24) is 14.9 Å². The third-order valence-electron chi connectivity index (χ3n) is 5.67. The Bertz CT molecular complexity index is 952. The fraction of sp³-hybridized carbons (Fsp3) is 0.571. The number of aliphatic hydroxyl groups excluding tert-OH is 1. The van der Waals surface area contributed by atoms with Crippen LogP contribution in [0.3, 0.4) is 0 Å². The molecule has 1 aliphatic heterocycles. The SMILES string of the molecule is Cc1cccc2c(=O)[nH]c(CSC3CCN(C(O)[C@H](N)CCCN=C(N)N)CC3)nc12. The summed E-state index contributed by atoms with van der Waals surface area (Å²) >= 11 is 1.80. The first kappa shape index (κ1) is 23.5. The second kappa shape index (κ2) is 10.9. The van der Waals surface area contributed by atoms with Crippen molar-refractivity contribution in [3.05, 3.63) is 39.9 Å². The zero-order chi connectivity index (χ0) is 22.4. The van der Waals surface area contributed by atoms with E-state index in [1.807, 2.05) is 24.0 Å². The van der Waals surface area contributed by atoms with Gasteiger partial charge >= 0.3 is 0 Å². The predicted molar refractivity (Wildman–Crippen MR) is 127 cm³/mol. The van der Waals surface area contributed by atoms with Crippen LogP contribution in [0.25, 0.3) is 10.9 Å². The van der Waals surface area contributed by atoms with E-state index in [0.29, 0.717) is 35.2 Å². The van der Waals surface area contributed by atoms with Gasteiger partial charge in [0.05, 0.1) is 16.7 Å². The lowest BCUT2D eigenvalue weighted by atomic mass is 10.1. The van der Waals surface area contributed by atoms with Gasteiger partial charge < -0.3 is 27.3 Å². The Morgan fingerprint density at radius 1 is 1.39 bits per heavy atom. The van der Waals surface area contributed by atoms with Gasteiger partial charge in [-0.05, 0) is 44.2 Å². The summed E-state index contributed by atoms with van der Waals surface area (Å²) in [5.41, 5.74) is 18.5. The monoisotopic (exact) mass is 447 g/mol. The van der Waals surface area contributed by atoms with Crippen LogP contribution < -0.4 is 22.8 Å². The van der Waals surface area contributed by atoms with Crippen molar-refractivity contribution in [3.8, 4) is 0 Å². The number of nitrogens with two attached hydrogens (primary N) is 3. The highest BCUT2D eigenvalue weighted by molar-refractivity contribution is 7.99. The zero-order valence-electron chi connectivity index (χ0n) is 18.0. The fourth-order valence-electron chi connectivity index (χ4n) is 3.88. The number of aromatic nitrogens is 2. The molecule has 0 radical (unpaired) electrons. The van der Waals surface area contributed by atoms with Crippen LogP contribution >= 0.6 is 11.8 Å². The number of nitrogens with zero attached hydrogens (tertiary/aromatic N) is 3. The molecule has 1 saturated heterocycles. The van der Waals surface area contributed by atoms with E-state index in [0.717, 1.165) is 43.4 Å².